The Balaban J connectivity index is 0.00000176. The van der Waals surface area contributed by atoms with Crippen molar-refractivity contribution in [2.45, 2.75) is 18.6 Å². The number of halogens is 1. The van der Waals surface area contributed by atoms with Crippen molar-refractivity contribution in [2.24, 2.45) is 0 Å². The lowest BCUT2D eigenvalue weighted by Gasteiger charge is -2.24. The highest BCUT2D eigenvalue weighted by atomic mass is 35.5. The molecule has 0 amide bonds. The van der Waals surface area contributed by atoms with E-state index in [0.717, 1.165) is 19.4 Å². The van der Waals surface area contributed by atoms with Crippen LogP contribution in [-0.4, -0.2) is 12.3 Å². The Hall–Kier alpha value is -1.48. The van der Waals surface area contributed by atoms with Crippen molar-refractivity contribution in [1.29, 1.82) is 0 Å². The number of hydrogen-bond acceptors (Lipinski definition) is 4. The normalized spacial score (nSPS) is 17.5. The van der Waals surface area contributed by atoms with Crippen LogP contribution in [-0.2, 0) is 4.57 Å². The molecule has 0 spiro atoms. The van der Waals surface area contributed by atoms with Gasteiger partial charge in [-0.1, -0.05) is 36.4 Å². The summed E-state index contributed by atoms with van der Waals surface area (Å²) in [6.45, 7) is 0.838. The Kier molecular flexibility index (Phi) is 5.90. The van der Waals surface area contributed by atoms with Crippen LogP contribution in [0.3, 0.4) is 0 Å². The molecule has 6 heteroatoms. The minimum absolute atomic E-state index is 0. The highest BCUT2D eigenvalue weighted by Gasteiger charge is 2.40. The van der Waals surface area contributed by atoms with Crippen LogP contribution >= 0.6 is 20.0 Å². The number of benzene rings is 2. The Morgan fingerprint density at radius 1 is 0.909 bits per heavy atom. The van der Waals surface area contributed by atoms with Gasteiger partial charge in [0.1, 0.15) is 17.3 Å². The quantitative estimate of drug-likeness (QED) is 0.816. The van der Waals surface area contributed by atoms with Crippen LogP contribution < -0.4 is 14.4 Å². The van der Waals surface area contributed by atoms with Gasteiger partial charge in [-0.25, -0.2) is 4.57 Å². The van der Waals surface area contributed by atoms with Crippen molar-refractivity contribution < 1.29 is 13.6 Å². The fourth-order valence-corrected chi connectivity index (χ4v) is 4.31. The summed E-state index contributed by atoms with van der Waals surface area (Å²) in [6.07, 6.45) is 1.77. The molecule has 0 aromatic heterocycles. The first kappa shape index (κ1) is 16.9. The van der Waals surface area contributed by atoms with E-state index in [2.05, 4.69) is 5.32 Å². The lowest BCUT2D eigenvalue weighted by Crippen LogP contribution is -2.26. The molecule has 1 fully saturated rings. The molecule has 0 saturated carbocycles. The summed E-state index contributed by atoms with van der Waals surface area (Å²) in [6, 6.07) is 18.3. The monoisotopic (exact) mass is 339 g/mol. The molecule has 118 valence electrons. The molecule has 1 atom stereocenters. The third-order valence-electron chi connectivity index (χ3n) is 3.37. The van der Waals surface area contributed by atoms with Crippen LogP contribution in [0.1, 0.15) is 12.8 Å². The minimum Gasteiger partial charge on any atom is -0.415 e. The van der Waals surface area contributed by atoms with Crippen molar-refractivity contribution in [1.82, 2.24) is 5.32 Å². The van der Waals surface area contributed by atoms with Crippen LogP contribution in [0.4, 0.5) is 0 Å². The molecule has 1 N–H and O–H groups in total. The van der Waals surface area contributed by atoms with Gasteiger partial charge in [0, 0.05) is 0 Å². The molecule has 2 aromatic carbocycles. The van der Waals surface area contributed by atoms with Gasteiger partial charge in [-0.05, 0) is 43.7 Å². The van der Waals surface area contributed by atoms with Gasteiger partial charge >= 0.3 is 7.60 Å². The molecule has 3 rings (SSSR count). The summed E-state index contributed by atoms with van der Waals surface area (Å²) < 4.78 is 24.8. The lowest BCUT2D eigenvalue weighted by molar-refractivity contribution is 0.366. The molecule has 0 radical (unpaired) electrons. The van der Waals surface area contributed by atoms with Crippen LogP contribution in [0.2, 0.25) is 0 Å². The fourth-order valence-electron chi connectivity index (χ4n) is 2.34. The maximum atomic E-state index is 13.2. The van der Waals surface area contributed by atoms with E-state index in [9.17, 15) is 4.57 Å². The van der Waals surface area contributed by atoms with Crippen molar-refractivity contribution in [3.63, 3.8) is 0 Å². The highest BCUT2D eigenvalue weighted by molar-refractivity contribution is 7.55. The third kappa shape index (κ3) is 4.04. The topological polar surface area (TPSA) is 47.6 Å². The molecule has 22 heavy (non-hydrogen) atoms. The summed E-state index contributed by atoms with van der Waals surface area (Å²) in [5, 5.41) is 3.22. The first-order valence-corrected chi connectivity index (χ1v) is 8.70. The maximum absolute atomic E-state index is 13.2. The maximum Gasteiger partial charge on any atom is 0.447 e. The molecule has 0 aliphatic carbocycles. The first-order chi connectivity index (χ1) is 10.3. The van der Waals surface area contributed by atoms with E-state index in [1.807, 2.05) is 36.4 Å². The van der Waals surface area contributed by atoms with Crippen LogP contribution in [0.5, 0.6) is 11.5 Å². The van der Waals surface area contributed by atoms with Crippen molar-refractivity contribution in [3.8, 4) is 11.5 Å². The number of hydrogen-bond donors (Lipinski definition) is 1. The zero-order valence-corrected chi connectivity index (χ0v) is 13.8. The van der Waals surface area contributed by atoms with E-state index in [4.69, 9.17) is 9.05 Å². The van der Waals surface area contributed by atoms with Crippen LogP contribution in [0.15, 0.2) is 60.7 Å². The third-order valence-corrected chi connectivity index (χ3v) is 5.50. The lowest BCUT2D eigenvalue weighted by atomic mass is 10.3. The predicted molar refractivity (Wildman–Crippen MR) is 90.0 cm³/mol. The van der Waals surface area contributed by atoms with E-state index in [1.54, 1.807) is 24.3 Å². The Bertz CT molecular complexity index is 572. The smallest absolute Gasteiger partial charge is 0.415 e. The molecule has 0 bridgehead atoms. The Labute approximate surface area is 136 Å². The molecule has 4 nitrogen and oxygen atoms in total. The first-order valence-electron chi connectivity index (χ1n) is 7.09. The van der Waals surface area contributed by atoms with Crippen LogP contribution in [0.25, 0.3) is 0 Å². The van der Waals surface area contributed by atoms with Gasteiger partial charge in [0.05, 0.1) is 0 Å². The molecular formula is C16H19ClNO3P. The van der Waals surface area contributed by atoms with E-state index >= 15 is 0 Å². The van der Waals surface area contributed by atoms with Crippen molar-refractivity contribution in [2.75, 3.05) is 6.54 Å². The van der Waals surface area contributed by atoms with E-state index in [-0.39, 0.29) is 18.2 Å². The van der Waals surface area contributed by atoms with E-state index < -0.39 is 7.60 Å². The van der Waals surface area contributed by atoms with Gasteiger partial charge < -0.3 is 14.4 Å². The predicted octanol–water partition coefficient (Wildman–Crippen LogP) is 4.47. The Morgan fingerprint density at radius 2 is 1.41 bits per heavy atom. The largest absolute Gasteiger partial charge is 0.447 e. The van der Waals surface area contributed by atoms with Crippen LogP contribution in [0, 0.1) is 0 Å². The average Bonchev–Trinajstić information content (AvgIpc) is 3.04. The summed E-state index contributed by atoms with van der Waals surface area (Å²) >= 11 is 0. The minimum atomic E-state index is -3.32. The second-order valence-electron chi connectivity index (χ2n) is 4.96. The summed E-state index contributed by atoms with van der Waals surface area (Å²) in [5.41, 5.74) is 0. The van der Waals surface area contributed by atoms with Gasteiger partial charge in [-0.3, -0.25) is 0 Å². The van der Waals surface area contributed by atoms with E-state index in [1.165, 1.54) is 0 Å². The molecule has 1 aliphatic rings. The molecule has 1 heterocycles. The summed E-state index contributed by atoms with van der Waals surface area (Å²) in [5.74, 6) is 0.855. The van der Waals surface area contributed by atoms with E-state index in [0.29, 0.717) is 11.5 Å². The highest BCUT2D eigenvalue weighted by Crippen LogP contribution is 2.54. The van der Waals surface area contributed by atoms with Gasteiger partial charge in [0.15, 0.2) is 0 Å². The standard InChI is InChI=1S/C16H18NO3P.ClH/c18-21(16-12-7-13-17-16,19-14-8-3-1-4-9-14)20-15-10-5-2-6-11-15;/h1-6,8-11,16-17H,7,12-13H2;1H. The number of nitrogens with one attached hydrogen (secondary N) is 1. The molecule has 1 unspecified atom stereocenters. The second kappa shape index (κ2) is 7.68. The fraction of sp³-hybridized carbons (Fsp3) is 0.250. The van der Waals surface area contributed by atoms with Crippen molar-refractivity contribution in [3.05, 3.63) is 60.7 Å². The Morgan fingerprint density at radius 3 is 1.82 bits per heavy atom. The molecule has 1 saturated heterocycles. The van der Waals surface area contributed by atoms with Gasteiger partial charge in [-0.2, -0.15) is 0 Å². The zero-order valence-electron chi connectivity index (χ0n) is 12.1. The zero-order chi connectivity index (χ0) is 14.5. The SMILES string of the molecule is Cl.O=P(Oc1ccccc1)(Oc1ccccc1)C1CCCN1. The van der Waals surface area contributed by atoms with Crippen molar-refractivity contribution >= 4 is 20.0 Å². The van der Waals surface area contributed by atoms with Gasteiger partial charge in [-0.15, -0.1) is 12.4 Å². The molecule has 1 aliphatic heterocycles. The van der Waals surface area contributed by atoms with Gasteiger partial charge in [0.25, 0.3) is 0 Å². The average molecular weight is 340 g/mol. The van der Waals surface area contributed by atoms with Gasteiger partial charge in [0.2, 0.25) is 0 Å². The number of rotatable bonds is 5. The molecule has 2 aromatic rings. The second-order valence-corrected chi connectivity index (χ2v) is 7.03. The summed E-state index contributed by atoms with van der Waals surface area (Å²) in [4.78, 5) is 0. The summed E-state index contributed by atoms with van der Waals surface area (Å²) in [7, 11) is -3.32. The number of para-hydroxylation sites is 2. The molecular weight excluding hydrogens is 321 g/mol.